The van der Waals surface area contributed by atoms with Gasteiger partial charge in [-0.2, -0.15) is 5.26 Å². The summed E-state index contributed by atoms with van der Waals surface area (Å²) in [5, 5.41) is 15.2. The lowest BCUT2D eigenvalue weighted by Gasteiger charge is -2.31. The zero-order chi connectivity index (χ0) is 20.9. The Bertz CT molecular complexity index is 935. The first kappa shape index (κ1) is 20.5. The van der Waals surface area contributed by atoms with Crippen LogP contribution >= 0.6 is 11.3 Å². The summed E-state index contributed by atoms with van der Waals surface area (Å²) in [7, 11) is 0. The normalized spacial score (nSPS) is 17.2. The van der Waals surface area contributed by atoms with Crippen LogP contribution in [-0.4, -0.2) is 41.3 Å². The number of rotatable bonds is 6. The molecule has 0 unspecified atom stereocenters. The molecule has 7 heteroatoms. The summed E-state index contributed by atoms with van der Waals surface area (Å²) in [6, 6.07) is 8.90. The highest BCUT2D eigenvalue weighted by Crippen LogP contribution is 2.31. The summed E-state index contributed by atoms with van der Waals surface area (Å²) in [6.07, 6.45) is 5.81. The van der Waals surface area contributed by atoms with E-state index in [-0.39, 0.29) is 17.7 Å². The summed E-state index contributed by atoms with van der Waals surface area (Å²) in [5.74, 6) is 0.836. The third kappa shape index (κ3) is 4.71. The van der Waals surface area contributed by atoms with E-state index >= 15 is 0 Å². The molecule has 0 spiro atoms. The van der Waals surface area contributed by atoms with Crippen LogP contribution in [0.4, 0.5) is 0 Å². The number of carbonyl (C=O) groups is 2. The first-order valence-electron chi connectivity index (χ1n) is 10.7. The van der Waals surface area contributed by atoms with Crippen LogP contribution in [0.3, 0.4) is 0 Å². The van der Waals surface area contributed by atoms with Crippen LogP contribution in [0.5, 0.6) is 0 Å². The Hall–Kier alpha value is -2.72. The van der Waals surface area contributed by atoms with Gasteiger partial charge in [-0.25, -0.2) is 4.98 Å². The minimum absolute atomic E-state index is 0.0278. The zero-order valence-electron chi connectivity index (χ0n) is 17.0. The Balaban J connectivity index is 1.24. The van der Waals surface area contributed by atoms with Crippen LogP contribution in [0.1, 0.15) is 64.6 Å². The van der Waals surface area contributed by atoms with Gasteiger partial charge in [-0.3, -0.25) is 9.59 Å². The van der Waals surface area contributed by atoms with E-state index in [0.717, 1.165) is 55.9 Å². The van der Waals surface area contributed by atoms with Crippen molar-refractivity contribution in [3.8, 4) is 6.07 Å². The molecule has 0 bridgehead atoms. The van der Waals surface area contributed by atoms with Gasteiger partial charge >= 0.3 is 0 Å². The molecule has 0 radical (unpaired) electrons. The lowest BCUT2D eigenvalue weighted by atomic mass is 9.85. The summed E-state index contributed by atoms with van der Waals surface area (Å²) in [4.78, 5) is 31.3. The Morgan fingerprint density at radius 3 is 2.53 bits per heavy atom. The number of hydrogen-bond donors (Lipinski definition) is 1. The van der Waals surface area contributed by atoms with Crippen molar-refractivity contribution in [1.29, 1.82) is 5.26 Å². The quantitative estimate of drug-likeness (QED) is 0.772. The third-order valence-corrected chi connectivity index (χ3v) is 7.17. The van der Waals surface area contributed by atoms with E-state index in [9.17, 15) is 9.59 Å². The summed E-state index contributed by atoms with van der Waals surface area (Å²) in [5.41, 5.74) is 2.24. The van der Waals surface area contributed by atoms with E-state index in [2.05, 4.69) is 16.8 Å². The lowest BCUT2D eigenvalue weighted by molar-refractivity contribution is -0.127. The molecule has 4 rings (SSSR count). The second-order valence-corrected chi connectivity index (χ2v) is 8.99. The van der Waals surface area contributed by atoms with Crippen LogP contribution < -0.4 is 5.32 Å². The van der Waals surface area contributed by atoms with Gasteiger partial charge in [0, 0.05) is 48.8 Å². The first-order valence-corrected chi connectivity index (χ1v) is 11.5. The molecule has 1 aromatic carbocycles. The molecule has 6 nitrogen and oxygen atoms in total. The van der Waals surface area contributed by atoms with Crippen LogP contribution in [0.25, 0.3) is 0 Å². The van der Waals surface area contributed by atoms with E-state index < -0.39 is 0 Å². The van der Waals surface area contributed by atoms with Crippen LogP contribution in [0.15, 0.2) is 29.6 Å². The minimum atomic E-state index is 0.0278. The predicted octanol–water partition coefficient (Wildman–Crippen LogP) is 3.49. The molecule has 1 aromatic heterocycles. The number of carbonyl (C=O) groups excluding carboxylic acids is 2. The zero-order valence-corrected chi connectivity index (χ0v) is 17.8. The van der Waals surface area contributed by atoms with E-state index in [4.69, 9.17) is 10.2 Å². The maximum Gasteiger partial charge on any atom is 0.253 e. The molecule has 1 aliphatic heterocycles. The van der Waals surface area contributed by atoms with Gasteiger partial charge in [0.05, 0.1) is 22.3 Å². The van der Waals surface area contributed by atoms with Crippen molar-refractivity contribution in [2.45, 2.75) is 44.4 Å². The van der Waals surface area contributed by atoms with Crippen LogP contribution in [0, 0.1) is 17.2 Å². The molecule has 30 heavy (non-hydrogen) atoms. The molecule has 2 aliphatic rings. The van der Waals surface area contributed by atoms with Gasteiger partial charge < -0.3 is 10.2 Å². The number of thiazole rings is 1. The summed E-state index contributed by atoms with van der Waals surface area (Å²) >= 11 is 1.69. The Kier molecular flexibility index (Phi) is 6.44. The van der Waals surface area contributed by atoms with Gasteiger partial charge in [-0.05, 0) is 49.9 Å². The second-order valence-electron chi connectivity index (χ2n) is 8.10. The van der Waals surface area contributed by atoms with Crippen molar-refractivity contribution < 1.29 is 9.59 Å². The highest BCUT2D eigenvalue weighted by atomic mass is 32.1. The molecular formula is C23H26N4O2S. The molecule has 1 saturated heterocycles. The number of nitriles is 1. The largest absolute Gasteiger partial charge is 0.355 e. The molecule has 2 fully saturated rings. The molecule has 156 valence electrons. The van der Waals surface area contributed by atoms with Gasteiger partial charge in [-0.15, -0.1) is 11.3 Å². The van der Waals surface area contributed by atoms with Crippen molar-refractivity contribution in [2.24, 2.45) is 5.92 Å². The fourth-order valence-corrected chi connectivity index (χ4v) is 4.98. The van der Waals surface area contributed by atoms with Crippen molar-refractivity contribution in [3.63, 3.8) is 0 Å². The number of benzene rings is 1. The van der Waals surface area contributed by atoms with E-state index in [0.29, 0.717) is 23.6 Å². The number of amides is 2. The number of likely N-dealkylation sites (tertiary alicyclic amines) is 1. The van der Waals surface area contributed by atoms with Gasteiger partial charge in [0.15, 0.2) is 0 Å². The number of hydrogen-bond acceptors (Lipinski definition) is 5. The van der Waals surface area contributed by atoms with Gasteiger partial charge in [0.25, 0.3) is 5.91 Å². The smallest absolute Gasteiger partial charge is 0.253 e. The molecule has 1 aliphatic carbocycles. The highest BCUT2D eigenvalue weighted by Gasteiger charge is 2.27. The Labute approximate surface area is 180 Å². The number of piperidine rings is 1. The molecular weight excluding hydrogens is 396 g/mol. The summed E-state index contributed by atoms with van der Waals surface area (Å²) < 4.78 is 0. The van der Waals surface area contributed by atoms with Gasteiger partial charge in [-0.1, -0.05) is 6.42 Å². The van der Waals surface area contributed by atoms with Crippen molar-refractivity contribution in [1.82, 2.24) is 15.2 Å². The summed E-state index contributed by atoms with van der Waals surface area (Å²) in [6.45, 7) is 2.09. The number of nitrogens with zero attached hydrogens (tertiary/aromatic N) is 3. The standard InChI is InChI=1S/C23H26N4O2S/c24-14-16-4-6-19(7-5-16)23(29)27-12-9-18(10-13-27)22-26-20(15-30-22)8-11-25-21(28)17-2-1-3-17/h4-7,15,17-18H,1-3,8-13H2,(H,25,28). The molecule has 0 atom stereocenters. The van der Waals surface area contributed by atoms with Gasteiger partial charge in [0.2, 0.25) is 5.91 Å². The number of nitrogens with one attached hydrogen (secondary N) is 1. The molecule has 2 heterocycles. The molecule has 1 N–H and O–H groups in total. The predicted molar refractivity (Wildman–Crippen MR) is 115 cm³/mol. The molecule has 2 aromatic rings. The van der Waals surface area contributed by atoms with E-state index in [1.54, 1.807) is 35.6 Å². The van der Waals surface area contributed by atoms with Crippen LogP contribution in [-0.2, 0) is 11.2 Å². The van der Waals surface area contributed by atoms with Crippen molar-refractivity contribution >= 4 is 23.2 Å². The first-order chi connectivity index (χ1) is 14.6. The fraction of sp³-hybridized carbons (Fsp3) is 0.478. The van der Waals surface area contributed by atoms with Crippen LogP contribution in [0.2, 0.25) is 0 Å². The maximum atomic E-state index is 12.7. The Morgan fingerprint density at radius 2 is 1.90 bits per heavy atom. The third-order valence-electron chi connectivity index (χ3n) is 6.12. The minimum Gasteiger partial charge on any atom is -0.355 e. The van der Waals surface area contributed by atoms with Gasteiger partial charge in [0.1, 0.15) is 0 Å². The van der Waals surface area contributed by atoms with Crippen molar-refractivity contribution in [3.05, 3.63) is 51.5 Å². The number of aromatic nitrogens is 1. The average Bonchev–Trinajstić information content (AvgIpc) is 3.21. The molecule has 1 saturated carbocycles. The Morgan fingerprint density at radius 1 is 1.17 bits per heavy atom. The second kappa shape index (κ2) is 9.40. The van der Waals surface area contributed by atoms with E-state index in [1.165, 1.54) is 6.42 Å². The monoisotopic (exact) mass is 422 g/mol. The topological polar surface area (TPSA) is 86.1 Å². The lowest BCUT2D eigenvalue weighted by Crippen LogP contribution is -2.37. The highest BCUT2D eigenvalue weighted by molar-refractivity contribution is 7.09. The molecule has 2 amide bonds. The van der Waals surface area contributed by atoms with E-state index in [1.807, 2.05) is 4.90 Å². The van der Waals surface area contributed by atoms with Crippen molar-refractivity contribution in [2.75, 3.05) is 19.6 Å². The SMILES string of the molecule is N#Cc1ccc(C(=O)N2CCC(c3nc(CCNC(=O)C4CCC4)cs3)CC2)cc1. The maximum absolute atomic E-state index is 12.7. The fourth-order valence-electron chi connectivity index (χ4n) is 3.95. The average molecular weight is 423 g/mol.